The van der Waals surface area contributed by atoms with Gasteiger partial charge < -0.3 is 0 Å². The molecule has 0 aromatic rings. The molecule has 0 aliphatic carbocycles. The van der Waals surface area contributed by atoms with E-state index in [1.54, 1.807) is 0 Å². The zero-order chi connectivity index (χ0) is 10.3. The molecule has 0 rings (SSSR count). The van der Waals surface area contributed by atoms with Gasteiger partial charge in [0.2, 0.25) is 0 Å². The highest BCUT2D eigenvalue weighted by Gasteiger charge is 2.30. The molecule has 1 unspecified atom stereocenters. The quantitative estimate of drug-likeness (QED) is 0.520. The number of rotatable bonds is 7. The van der Waals surface area contributed by atoms with E-state index in [1.165, 1.54) is 38.5 Å². The van der Waals surface area contributed by atoms with Crippen LogP contribution in [0.1, 0.15) is 73.1 Å². The van der Waals surface area contributed by atoms with Gasteiger partial charge in [0.05, 0.1) is 0 Å². The van der Waals surface area contributed by atoms with Crippen molar-refractivity contribution < 1.29 is 0 Å². The summed E-state index contributed by atoms with van der Waals surface area (Å²) in [6.07, 6.45) is 8.25. The summed E-state index contributed by atoms with van der Waals surface area (Å²) in [4.78, 5) is 0. The van der Waals surface area contributed by atoms with Crippen LogP contribution in [0.25, 0.3) is 0 Å². The van der Waals surface area contributed by atoms with Crippen molar-refractivity contribution in [3.8, 4) is 0 Å². The van der Waals surface area contributed by atoms with Crippen LogP contribution in [0.2, 0.25) is 0 Å². The van der Waals surface area contributed by atoms with Gasteiger partial charge in [-0.05, 0) is 17.8 Å². The average molecular weight is 184 g/mol. The normalized spacial score (nSPS) is 14.5. The lowest BCUT2D eigenvalue weighted by molar-refractivity contribution is 0.132. The molecular weight excluding hydrogens is 156 g/mol. The largest absolute Gasteiger partial charge is 0.0654 e. The Bertz CT molecular complexity index is 111. The van der Waals surface area contributed by atoms with E-state index in [2.05, 4.69) is 34.6 Å². The molecular formula is C13H28. The van der Waals surface area contributed by atoms with Crippen molar-refractivity contribution in [1.29, 1.82) is 0 Å². The van der Waals surface area contributed by atoms with E-state index in [1.807, 2.05) is 0 Å². The summed E-state index contributed by atoms with van der Waals surface area (Å²) in [7, 11) is 0. The molecule has 0 nitrogen and oxygen atoms in total. The van der Waals surface area contributed by atoms with E-state index < -0.39 is 0 Å². The van der Waals surface area contributed by atoms with E-state index >= 15 is 0 Å². The van der Waals surface area contributed by atoms with E-state index in [0.29, 0.717) is 5.41 Å². The standard InChI is InChI=1S/C13H28/c1-6-10-11-13(8-3,9-4)12(5)7-2/h12H,6-11H2,1-5H3. The topological polar surface area (TPSA) is 0 Å². The predicted octanol–water partition coefficient (Wildman–Crippen LogP) is 5.03. The van der Waals surface area contributed by atoms with Crippen LogP contribution in [0.15, 0.2) is 0 Å². The Labute approximate surface area is 85.1 Å². The van der Waals surface area contributed by atoms with E-state index in [9.17, 15) is 0 Å². The van der Waals surface area contributed by atoms with Crippen molar-refractivity contribution in [2.24, 2.45) is 11.3 Å². The first-order chi connectivity index (χ1) is 6.16. The maximum Gasteiger partial charge on any atom is -0.0277 e. The van der Waals surface area contributed by atoms with Gasteiger partial charge in [0.15, 0.2) is 0 Å². The molecule has 0 aromatic carbocycles. The first kappa shape index (κ1) is 13.0. The Morgan fingerprint density at radius 1 is 1.00 bits per heavy atom. The lowest BCUT2D eigenvalue weighted by Crippen LogP contribution is -2.27. The number of unbranched alkanes of at least 4 members (excludes halogenated alkanes) is 1. The molecule has 0 fully saturated rings. The zero-order valence-electron chi connectivity index (χ0n) is 10.3. The molecule has 0 bridgehead atoms. The van der Waals surface area contributed by atoms with Gasteiger partial charge in [-0.25, -0.2) is 0 Å². The highest BCUT2D eigenvalue weighted by molar-refractivity contribution is 4.81. The molecule has 0 aliphatic heterocycles. The summed E-state index contributed by atoms with van der Waals surface area (Å²) in [6, 6.07) is 0. The smallest absolute Gasteiger partial charge is 0.0277 e. The summed E-state index contributed by atoms with van der Waals surface area (Å²) in [6.45, 7) is 11.8. The molecule has 13 heavy (non-hydrogen) atoms. The minimum atomic E-state index is 0.644. The lowest BCUT2D eigenvalue weighted by Gasteiger charge is -2.37. The Balaban J connectivity index is 4.29. The van der Waals surface area contributed by atoms with Gasteiger partial charge in [-0.1, -0.05) is 66.7 Å². The second kappa shape index (κ2) is 6.45. The third kappa shape index (κ3) is 3.32. The summed E-state index contributed by atoms with van der Waals surface area (Å²) in [5.41, 5.74) is 0.644. The minimum absolute atomic E-state index is 0.644. The second-order valence-electron chi connectivity index (χ2n) is 4.48. The third-order valence-corrected chi connectivity index (χ3v) is 4.09. The predicted molar refractivity (Wildman–Crippen MR) is 62.0 cm³/mol. The van der Waals surface area contributed by atoms with E-state index in [4.69, 9.17) is 0 Å². The SMILES string of the molecule is CCCCC(CC)(CC)C(C)CC. The fourth-order valence-electron chi connectivity index (χ4n) is 2.51. The molecule has 0 N–H and O–H groups in total. The summed E-state index contributed by atoms with van der Waals surface area (Å²) >= 11 is 0. The van der Waals surface area contributed by atoms with Crippen molar-refractivity contribution in [3.63, 3.8) is 0 Å². The summed E-state index contributed by atoms with van der Waals surface area (Å²) < 4.78 is 0. The highest BCUT2D eigenvalue weighted by atomic mass is 14.4. The van der Waals surface area contributed by atoms with Crippen molar-refractivity contribution in [2.45, 2.75) is 73.1 Å². The van der Waals surface area contributed by atoms with Crippen LogP contribution in [0.4, 0.5) is 0 Å². The molecule has 0 heteroatoms. The van der Waals surface area contributed by atoms with Crippen LogP contribution in [0, 0.1) is 11.3 Å². The molecule has 0 aromatic heterocycles. The van der Waals surface area contributed by atoms with Crippen LogP contribution in [-0.4, -0.2) is 0 Å². The molecule has 80 valence electrons. The van der Waals surface area contributed by atoms with Gasteiger partial charge in [-0.2, -0.15) is 0 Å². The van der Waals surface area contributed by atoms with Gasteiger partial charge in [-0.15, -0.1) is 0 Å². The van der Waals surface area contributed by atoms with Crippen molar-refractivity contribution in [2.75, 3.05) is 0 Å². The summed E-state index contributed by atoms with van der Waals surface area (Å²) in [5, 5.41) is 0. The van der Waals surface area contributed by atoms with Gasteiger partial charge in [0.1, 0.15) is 0 Å². The van der Waals surface area contributed by atoms with Crippen molar-refractivity contribution in [1.82, 2.24) is 0 Å². The molecule has 0 saturated heterocycles. The molecule has 0 aliphatic rings. The Hall–Kier alpha value is 0. The van der Waals surface area contributed by atoms with E-state index in [-0.39, 0.29) is 0 Å². The average Bonchev–Trinajstić information content (AvgIpc) is 2.19. The zero-order valence-corrected chi connectivity index (χ0v) is 10.3. The molecule has 0 spiro atoms. The fourth-order valence-corrected chi connectivity index (χ4v) is 2.51. The fraction of sp³-hybridized carbons (Fsp3) is 1.00. The molecule has 0 saturated carbocycles. The number of hydrogen-bond acceptors (Lipinski definition) is 0. The number of hydrogen-bond donors (Lipinski definition) is 0. The van der Waals surface area contributed by atoms with Crippen molar-refractivity contribution >= 4 is 0 Å². The van der Waals surface area contributed by atoms with Gasteiger partial charge >= 0.3 is 0 Å². The van der Waals surface area contributed by atoms with Gasteiger partial charge in [0.25, 0.3) is 0 Å². The summed E-state index contributed by atoms with van der Waals surface area (Å²) in [5.74, 6) is 0.897. The van der Waals surface area contributed by atoms with Crippen LogP contribution in [-0.2, 0) is 0 Å². The molecule has 1 atom stereocenters. The Morgan fingerprint density at radius 3 is 1.85 bits per heavy atom. The third-order valence-electron chi connectivity index (χ3n) is 4.09. The van der Waals surface area contributed by atoms with Gasteiger partial charge in [0, 0.05) is 0 Å². The molecule has 0 radical (unpaired) electrons. The minimum Gasteiger partial charge on any atom is -0.0654 e. The first-order valence-electron chi connectivity index (χ1n) is 6.16. The Morgan fingerprint density at radius 2 is 1.54 bits per heavy atom. The Kier molecular flexibility index (Phi) is 6.45. The highest BCUT2D eigenvalue weighted by Crippen LogP contribution is 2.41. The van der Waals surface area contributed by atoms with Crippen LogP contribution in [0.5, 0.6) is 0 Å². The first-order valence-corrected chi connectivity index (χ1v) is 6.16. The monoisotopic (exact) mass is 184 g/mol. The maximum atomic E-state index is 2.43. The lowest BCUT2D eigenvalue weighted by atomic mass is 9.68. The molecule has 0 heterocycles. The van der Waals surface area contributed by atoms with Crippen LogP contribution >= 0.6 is 0 Å². The maximum absolute atomic E-state index is 2.43. The van der Waals surface area contributed by atoms with Crippen LogP contribution in [0.3, 0.4) is 0 Å². The van der Waals surface area contributed by atoms with E-state index in [0.717, 1.165) is 5.92 Å². The second-order valence-corrected chi connectivity index (χ2v) is 4.48. The molecule has 0 amide bonds. The van der Waals surface area contributed by atoms with Crippen molar-refractivity contribution in [3.05, 3.63) is 0 Å². The van der Waals surface area contributed by atoms with Crippen LogP contribution < -0.4 is 0 Å². The van der Waals surface area contributed by atoms with Gasteiger partial charge in [-0.3, -0.25) is 0 Å².